The normalized spacial score (nSPS) is 13.1. The largest absolute Gasteiger partial charge is 0.573 e. The average molecular weight is 428 g/mol. The number of H-pyrrole nitrogens is 2. The van der Waals surface area contributed by atoms with Gasteiger partial charge in [-0.3, -0.25) is 20.2 Å². The van der Waals surface area contributed by atoms with E-state index < -0.39 is 58.5 Å². The highest BCUT2D eigenvalue weighted by molar-refractivity contribution is 6.05. The molecule has 4 N–H and O–H groups in total. The van der Waals surface area contributed by atoms with Crippen LogP contribution in [-0.2, 0) is 0 Å². The van der Waals surface area contributed by atoms with Crippen LogP contribution in [0.15, 0.2) is 27.8 Å². The van der Waals surface area contributed by atoms with Crippen LogP contribution in [0.25, 0.3) is 0 Å². The summed E-state index contributed by atoms with van der Waals surface area (Å²) in [7, 11) is 0. The SMILES string of the molecule is CC(Nc1[nH]c(=O)[nH]c(=O)c1C(=N)C(F)(F)F)c1ccc(OC(F)(F)F)c(F)c1. The van der Waals surface area contributed by atoms with E-state index in [2.05, 4.69) is 10.1 Å². The van der Waals surface area contributed by atoms with Gasteiger partial charge in [-0.2, -0.15) is 13.2 Å². The number of aromatic amines is 2. The molecule has 0 radical (unpaired) electrons. The van der Waals surface area contributed by atoms with Gasteiger partial charge in [0.1, 0.15) is 11.4 Å². The van der Waals surface area contributed by atoms with Gasteiger partial charge in [0.2, 0.25) is 0 Å². The van der Waals surface area contributed by atoms with Gasteiger partial charge in [0.25, 0.3) is 5.56 Å². The second kappa shape index (κ2) is 7.60. The Hall–Kier alpha value is -3.32. The highest BCUT2D eigenvalue weighted by atomic mass is 19.4. The predicted octanol–water partition coefficient (Wildman–Crippen LogP) is 3.20. The van der Waals surface area contributed by atoms with E-state index in [4.69, 9.17) is 5.41 Å². The number of hydrogen-bond acceptors (Lipinski definition) is 5. The molecule has 7 nitrogen and oxygen atoms in total. The molecule has 0 aliphatic heterocycles. The summed E-state index contributed by atoms with van der Waals surface area (Å²) in [6.07, 6.45) is -10.3. The van der Waals surface area contributed by atoms with Gasteiger partial charge in [0, 0.05) is 0 Å². The van der Waals surface area contributed by atoms with Crippen LogP contribution in [0, 0.1) is 11.2 Å². The van der Waals surface area contributed by atoms with Gasteiger partial charge in [-0.1, -0.05) is 6.07 Å². The van der Waals surface area contributed by atoms with Crippen LogP contribution in [0.5, 0.6) is 5.75 Å². The van der Waals surface area contributed by atoms with Gasteiger partial charge >= 0.3 is 18.2 Å². The maximum atomic E-state index is 13.8. The molecule has 1 aromatic carbocycles. The van der Waals surface area contributed by atoms with Crippen LogP contribution in [0.1, 0.15) is 24.1 Å². The number of anilines is 1. The summed E-state index contributed by atoms with van der Waals surface area (Å²) < 4.78 is 92.3. The summed E-state index contributed by atoms with van der Waals surface area (Å²) in [5.41, 5.74) is -6.00. The van der Waals surface area contributed by atoms with Crippen LogP contribution < -0.4 is 21.3 Å². The lowest BCUT2D eigenvalue weighted by Crippen LogP contribution is -2.35. The van der Waals surface area contributed by atoms with E-state index >= 15 is 0 Å². The summed E-state index contributed by atoms with van der Waals surface area (Å²) in [5.74, 6) is -3.31. The van der Waals surface area contributed by atoms with Crippen molar-refractivity contribution in [1.29, 1.82) is 5.41 Å². The minimum absolute atomic E-state index is 0.0531. The zero-order valence-corrected chi connectivity index (χ0v) is 14.2. The molecule has 1 unspecified atom stereocenters. The average Bonchev–Trinajstić information content (AvgIpc) is 2.53. The zero-order chi connectivity index (χ0) is 22.1. The summed E-state index contributed by atoms with van der Waals surface area (Å²) >= 11 is 0. The third-order valence-electron chi connectivity index (χ3n) is 3.52. The van der Waals surface area contributed by atoms with Crippen molar-refractivity contribution in [3.8, 4) is 5.75 Å². The molecule has 0 saturated carbocycles. The Morgan fingerprint density at radius 1 is 1.14 bits per heavy atom. The Morgan fingerprint density at radius 2 is 1.76 bits per heavy atom. The minimum atomic E-state index is -5.21. The number of rotatable bonds is 5. The Balaban J connectivity index is 2.40. The minimum Gasteiger partial charge on any atom is -0.403 e. The fourth-order valence-corrected chi connectivity index (χ4v) is 2.27. The number of ether oxygens (including phenoxy) is 1. The van der Waals surface area contributed by atoms with Crippen molar-refractivity contribution in [1.82, 2.24) is 9.97 Å². The number of nitrogens with one attached hydrogen (secondary N) is 4. The summed E-state index contributed by atoms with van der Waals surface area (Å²) in [5, 5.41) is 9.45. The first kappa shape index (κ1) is 22.0. The van der Waals surface area contributed by atoms with E-state index in [9.17, 15) is 40.3 Å². The molecular formula is C15H11F7N4O3. The molecule has 0 saturated heterocycles. The molecule has 158 valence electrons. The van der Waals surface area contributed by atoms with Gasteiger partial charge in [-0.15, -0.1) is 13.2 Å². The van der Waals surface area contributed by atoms with Gasteiger partial charge in [-0.25, -0.2) is 9.18 Å². The molecular weight excluding hydrogens is 417 g/mol. The molecule has 0 amide bonds. The fraction of sp³-hybridized carbons (Fsp3) is 0.267. The molecule has 1 heterocycles. The van der Waals surface area contributed by atoms with Crippen molar-refractivity contribution >= 4 is 11.5 Å². The smallest absolute Gasteiger partial charge is 0.403 e. The van der Waals surface area contributed by atoms with Crippen molar-refractivity contribution in [2.45, 2.75) is 25.5 Å². The molecule has 0 aliphatic rings. The van der Waals surface area contributed by atoms with E-state index in [-0.39, 0.29) is 5.56 Å². The molecule has 1 aromatic heterocycles. The number of aromatic nitrogens is 2. The van der Waals surface area contributed by atoms with Gasteiger partial charge < -0.3 is 10.1 Å². The summed E-state index contributed by atoms with van der Waals surface area (Å²) in [4.78, 5) is 26.6. The van der Waals surface area contributed by atoms with E-state index in [1.54, 1.807) is 4.98 Å². The molecule has 0 aliphatic carbocycles. The second-order valence-electron chi connectivity index (χ2n) is 5.63. The number of benzene rings is 1. The Labute approximate surface area is 156 Å². The van der Waals surface area contributed by atoms with Crippen molar-refractivity contribution in [3.05, 3.63) is 56.0 Å². The second-order valence-corrected chi connectivity index (χ2v) is 5.63. The lowest BCUT2D eigenvalue weighted by molar-refractivity contribution is -0.275. The van der Waals surface area contributed by atoms with E-state index in [0.717, 1.165) is 6.07 Å². The summed E-state index contributed by atoms with van der Waals surface area (Å²) in [6.45, 7) is 1.26. The number of halogens is 7. The van der Waals surface area contributed by atoms with Gasteiger partial charge in [0.05, 0.1) is 6.04 Å². The van der Waals surface area contributed by atoms with Crippen LogP contribution in [0.2, 0.25) is 0 Å². The highest BCUT2D eigenvalue weighted by Crippen LogP contribution is 2.29. The van der Waals surface area contributed by atoms with Gasteiger partial charge in [-0.05, 0) is 24.6 Å². The van der Waals surface area contributed by atoms with Crippen molar-refractivity contribution in [2.75, 3.05) is 5.32 Å². The standard InChI is InChI=1S/C15H11F7N4O3/c1-5(6-2-3-8(7(16)4-6)29-15(20,21)22)24-11-9(10(23)14(17,18)19)12(27)26-13(28)25-11/h2-5,23H,1H3,(H3,24,25,26,27,28). The first-order valence-electron chi connectivity index (χ1n) is 7.53. The monoisotopic (exact) mass is 428 g/mol. The van der Waals surface area contributed by atoms with Crippen molar-refractivity contribution in [2.24, 2.45) is 0 Å². The summed E-state index contributed by atoms with van der Waals surface area (Å²) in [6, 6.07) is 1.16. The molecule has 2 rings (SSSR count). The Bertz CT molecular complexity index is 1040. The number of alkyl halides is 6. The van der Waals surface area contributed by atoms with Crippen molar-refractivity contribution < 1.29 is 35.5 Å². The fourth-order valence-electron chi connectivity index (χ4n) is 2.27. The maximum Gasteiger partial charge on any atom is 0.573 e. The third-order valence-corrected chi connectivity index (χ3v) is 3.52. The molecule has 29 heavy (non-hydrogen) atoms. The van der Waals surface area contributed by atoms with Crippen LogP contribution in [0.4, 0.5) is 36.6 Å². The topological polar surface area (TPSA) is 111 Å². The quantitative estimate of drug-likeness (QED) is 0.433. The first-order valence-corrected chi connectivity index (χ1v) is 7.53. The molecule has 0 spiro atoms. The lowest BCUT2D eigenvalue weighted by Gasteiger charge is -2.19. The van der Waals surface area contributed by atoms with Crippen LogP contribution in [0.3, 0.4) is 0 Å². The van der Waals surface area contributed by atoms with E-state index in [0.29, 0.717) is 12.1 Å². The zero-order valence-electron chi connectivity index (χ0n) is 14.2. The first-order chi connectivity index (χ1) is 13.2. The van der Waals surface area contributed by atoms with E-state index in [1.165, 1.54) is 6.92 Å². The predicted molar refractivity (Wildman–Crippen MR) is 85.7 cm³/mol. The van der Waals surface area contributed by atoms with Crippen molar-refractivity contribution in [3.63, 3.8) is 0 Å². The molecule has 0 fully saturated rings. The maximum absolute atomic E-state index is 13.8. The molecule has 0 bridgehead atoms. The Kier molecular flexibility index (Phi) is 5.76. The Morgan fingerprint density at radius 3 is 2.28 bits per heavy atom. The molecule has 2 aromatic rings. The van der Waals surface area contributed by atoms with Crippen LogP contribution in [-0.4, -0.2) is 28.2 Å². The molecule has 14 heteroatoms. The highest BCUT2D eigenvalue weighted by Gasteiger charge is 2.39. The van der Waals surface area contributed by atoms with Crippen LogP contribution >= 0.6 is 0 Å². The lowest BCUT2D eigenvalue weighted by atomic mass is 10.1. The van der Waals surface area contributed by atoms with E-state index in [1.807, 2.05) is 4.98 Å². The number of hydrogen-bond donors (Lipinski definition) is 4. The molecule has 1 atom stereocenters. The van der Waals surface area contributed by atoms with Gasteiger partial charge in [0.15, 0.2) is 17.3 Å². The third kappa shape index (κ3) is 5.36.